The van der Waals surface area contributed by atoms with Crippen molar-refractivity contribution in [3.8, 4) is 6.07 Å². The molecule has 0 aromatic heterocycles. The lowest BCUT2D eigenvalue weighted by Crippen LogP contribution is -2.33. The van der Waals surface area contributed by atoms with E-state index in [1.165, 1.54) is 6.07 Å². The summed E-state index contributed by atoms with van der Waals surface area (Å²) in [5.74, 6) is -1.93. The van der Waals surface area contributed by atoms with Crippen LogP contribution in [0.5, 0.6) is 0 Å². The molecule has 0 aromatic rings. The van der Waals surface area contributed by atoms with E-state index in [1.807, 2.05) is 6.92 Å². The van der Waals surface area contributed by atoms with Gasteiger partial charge in [0, 0.05) is 19.8 Å². The number of alkyl halides is 3. The van der Waals surface area contributed by atoms with E-state index in [1.54, 1.807) is 0 Å². The number of hydrogen-bond acceptors (Lipinski definition) is 3. The van der Waals surface area contributed by atoms with E-state index >= 15 is 0 Å². The van der Waals surface area contributed by atoms with Crippen molar-refractivity contribution in [1.82, 2.24) is 5.32 Å². The van der Waals surface area contributed by atoms with Gasteiger partial charge in [-0.1, -0.05) is 0 Å². The van der Waals surface area contributed by atoms with Crippen LogP contribution in [0.15, 0.2) is 0 Å². The van der Waals surface area contributed by atoms with Crippen LogP contribution in [0, 0.1) is 17.2 Å². The summed E-state index contributed by atoms with van der Waals surface area (Å²) in [7, 11) is 0. The second kappa shape index (κ2) is 7.49. The van der Waals surface area contributed by atoms with Gasteiger partial charge >= 0.3 is 6.18 Å². The van der Waals surface area contributed by atoms with Crippen molar-refractivity contribution in [2.75, 3.05) is 26.3 Å². The molecule has 88 valence electrons. The summed E-state index contributed by atoms with van der Waals surface area (Å²) < 4.78 is 41.2. The maximum absolute atomic E-state index is 12.1. The molecule has 3 nitrogen and oxygen atoms in total. The van der Waals surface area contributed by atoms with Gasteiger partial charge in [-0.3, -0.25) is 0 Å². The summed E-state index contributed by atoms with van der Waals surface area (Å²) in [6.45, 7) is 3.04. The largest absolute Gasteiger partial charge is 0.405 e. The number of halogens is 3. The quantitative estimate of drug-likeness (QED) is 0.669. The van der Waals surface area contributed by atoms with E-state index in [-0.39, 0.29) is 6.54 Å². The predicted molar refractivity (Wildman–Crippen MR) is 49.1 cm³/mol. The Morgan fingerprint density at radius 1 is 1.47 bits per heavy atom. The molecule has 0 aliphatic carbocycles. The summed E-state index contributed by atoms with van der Waals surface area (Å²) in [5.41, 5.74) is 0. The van der Waals surface area contributed by atoms with Crippen LogP contribution in [0.25, 0.3) is 0 Å². The Kier molecular flexibility index (Phi) is 7.09. The lowest BCUT2D eigenvalue weighted by molar-refractivity contribution is -0.157. The molecule has 0 radical (unpaired) electrons. The summed E-state index contributed by atoms with van der Waals surface area (Å²) in [4.78, 5) is 0. The number of rotatable bonds is 7. The van der Waals surface area contributed by atoms with E-state index in [0.29, 0.717) is 26.2 Å². The molecular weight excluding hydrogens is 209 g/mol. The fraction of sp³-hybridized carbons (Fsp3) is 0.889. The van der Waals surface area contributed by atoms with Gasteiger partial charge in [0.05, 0.1) is 6.07 Å². The third-order valence-corrected chi connectivity index (χ3v) is 1.75. The molecule has 0 aliphatic rings. The first-order valence-corrected chi connectivity index (χ1v) is 4.77. The van der Waals surface area contributed by atoms with Crippen molar-refractivity contribution in [3.05, 3.63) is 0 Å². The average Bonchev–Trinajstić information content (AvgIpc) is 2.15. The fourth-order valence-corrected chi connectivity index (χ4v) is 0.925. The van der Waals surface area contributed by atoms with Crippen molar-refractivity contribution >= 4 is 0 Å². The number of ether oxygens (including phenoxy) is 1. The minimum Gasteiger partial charge on any atom is -0.382 e. The summed E-state index contributed by atoms with van der Waals surface area (Å²) in [6.07, 6.45) is -3.80. The second-order valence-corrected chi connectivity index (χ2v) is 2.98. The first-order chi connectivity index (χ1) is 7.02. The number of hydrogen-bond donors (Lipinski definition) is 1. The first-order valence-electron chi connectivity index (χ1n) is 4.77. The van der Waals surface area contributed by atoms with Gasteiger partial charge in [0.1, 0.15) is 0 Å². The first kappa shape index (κ1) is 14.2. The normalized spacial score (nSPS) is 13.5. The highest BCUT2D eigenvalue weighted by atomic mass is 19.4. The molecule has 0 saturated heterocycles. The van der Waals surface area contributed by atoms with Gasteiger partial charge in [-0.05, 0) is 19.9 Å². The van der Waals surface area contributed by atoms with Gasteiger partial charge < -0.3 is 10.1 Å². The summed E-state index contributed by atoms with van der Waals surface area (Å²) in [5, 5.41) is 10.8. The maximum Gasteiger partial charge on any atom is 0.405 e. The zero-order valence-corrected chi connectivity index (χ0v) is 8.60. The highest BCUT2D eigenvalue weighted by Crippen LogP contribution is 2.24. The average molecular weight is 224 g/mol. The highest BCUT2D eigenvalue weighted by molar-refractivity contribution is 4.89. The Morgan fingerprint density at radius 3 is 2.60 bits per heavy atom. The molecule has 0 spiro atoms. The van der Waals surface area contributed by atoms with E-state index in [4.69, 9.17) is 10.00 Å². The van der Waals surface area contributed by atoms with Gasteiger partial charge in [-0.15, -0.1) is 0 Å². The highest BCUT2D eigenvalue weighted by Gasteiger charge is 2.39. The Bertz CT molecular complexity index is 201. The molecule has 6 heteroatoms. The van der Waals surface area contributed by atoms with E-state index in [9.17, 15) is 13.2 Å². The molecule has 15 heavy (non-hydrogen) atoms. The van der Waals surface area contributed by atoms with Crippen molar-refractivity contribution in [3.63, 3.8) is 0 Å². The van der Waals surface area contributed by atoms with Crippen molar-refractivity contribution in [1.29, 1.82) is 5.26 Å². The Balaban J connectivity index is 3.53. The number of nitrogens with zero attached hydrogens (tertiary/aromatic N) is 1. The molecule has 0 saturated carbocycles. The lowest BCUT2D eigenvalue weighted by atomic mass is 10.1. The van der Waals surface area contributed by atoms with Gasteiger partial charge in [-0.25, -0.2) is 0 Å². The minimum absolute atomic E-state index is 0.355. The van der Waals surface area contributed by atoms with Crippen LogP contribution in [0.1, 0.15) is 13.3 Å². The molecule has 0 aliphatic heterocycles. The summed E-state index contributed by atoms with van der Waals surface area (Å²) >= 11 is 0. The van der Waals surface area contributed by atoms with Gasteiger partial charge in [0.15, 0.2) is 5.92 Å². The van der Waals surface area contributed by atoms with Crippen LogP contribution in [-0.4, -0.2) is 32.5 Å². The molecule has 0 fully saturated rings. The standard InChI is InChI=1S/C9H15F3N2O/c1-2-15-5-3-4-14-7-8(6-13)9(10,11)12/h8,14H,2-5,7H2,1H3. The van der Waals surface area contributed by atoms with Crippen LogP contribution in [-0.2, 0) is 4.74 Å². The predicted octanol–water partition coefficient (Wildman–Crippen LogP) is 1.70. The molecule has 0 aromatic carbocycles. The van der Waals surface area contributed by atoms with Crippen molar-refractivity contribution < 1.29 is 17.9 Å². The van der Waals surface area contributed by atoms with Crippen molar-refractivity contribution in [2.45, 2.75) is 19.5 Å². The van der Waals surface area contributed by atoms with Gasteiger partial charge in [0.25, 0.3) is 0 Å². The Labute approximate surface area is 87.2 Å². The minimum atomic E-state index is -4.44. The zero-order valence-electron chi connectivity index (χ0n) is 8.60. The zero-order chi connectivity index (χ0) is 11.7. The number of nitrogens with one attached hydrogen (secondary N) is 1. The second-order valence-electron chi connectivity index (χ2n) is 2.98. The fourth-order valence-electron chi connectivity index (χ4n) is 0.925. The third kappa shape index (κ3) is 7.17. The molecule has 0 amide bonds. The topological polar surface area (TPSA) is 45.0 Å². The monoisotopic (exact) mass is 224 g/mol. The Hall–Kier alpha value is -0.800. The molecule has 0 bridgehead atoms. The molecule has 1 unspecified atom stereocenters. The third-order valence-electron chi connectivity index (χ3n) is 1.75. The Morgan fingerprint density at radius 2 is 2.13 bits per heavy atom. The van der Waals surface area contributed by atoms with Crippen LogP contribution >= 0.6 is 0 Å². The lowest BCUT2D eigenvalue weighted by Gasteiger charge is -2.13. The van der Waals surface area contributed by atoms with Crippen LogP contribution in [0.4, 0.5) is 13.2 Å². The smallest absolute Gasteiger partial charge is 0.382 e. The maximum atomic E-state index is 12.1. The molecule has 0 heterocycles. The van der Waals surface area contributed by atoms with Gasteiger partial charge in [0.2, 0.25) is 0 Å². The SMILES string of the molecule is CCOCCCNCC(C#N)C(F)(F)F. The van der Waals surface area contributed by atoms with Crippen LogP contribution in [0.2, 0.25) is 0 Å². The summed E-state index contributed by atoms with van der Waals surface area (Å²) in [6, 6.07) is 1.23. The molecule has 0 rings (SSSR count). The number of nitriles is 1. The van der Waals surface area contributed by atoms with E-state index in [2.05, 4.69) is 5.32 Å². The van der Waals surface area contributed by atoms with Crippen molar-refractivity contribution in [2.24, 2.45) is 5.92 Å². The van der Waals surface area contributed by atoms with Crippen LogP contribution in [0.3, 0.4) is 0 Å². The van der Waals surface area contributed by atoms with E-state index in [0.717, 1.165) is 0 Å². The van der Waals surface area contributed by atoms with Crippen LogP contribution < -0.4 is 5.32 Å². The van der Waals surface area contributed by atoms with Gasteiger partial charge in [-0.2, -0.15) is 18.4 Å². The van der Waals surface area contributed by atoms with E-state index < -0.39 is 12.1 Å². The molecular formula is C9H15F3N2O. The molecule has 1 atom stereocenters. The molecule has 1 N–H and O–H groups in total.